The molecule has 0 aromatic heterocycles. The molecule has 0 radical (unpaired) electrons. The number of carbonyl (C=O) groups excluding carboxylic acids is 1. The van der Waals surface area contributed by atoms with E-state index in [0.717, 1.165) is 0 Å². The van der Waals surface area contributed by atoms with Gasteiger partial charge in [-0.15, -0.1) is 5.10 Å². The summed E-state index contributed by atoms with van der Waals surface area (Å²) in [7, 11) is 0. The van der Waals surface area contributed by atoms with Gasteiger partial charge in [-0.05, 0) is 18.4 Å². The first-order valence-corrected chi connectivity index (χ1v) is 9.44. The Morgan fingerprint density at radius 3 is 2.81 bits per heavy atom. The number of hydrogen-bond acceptors (Lipinski definition) is 7. The third-order valence-electron chi connectivity index (χ3n) is 4.17. The number of nitrogens with one attached hydrogen (secondary N) is 1. The molecule has 0 aliphatic carbocycles. The van der Waals surface area contributed by atoms with Crippen molar-refractivity contribution in [3.8, 4) is 0 Å². The van der Waals surface area contributed by atoms with Gasteiger partial charge >= 0.3 is 0 Å². The fourth-order valence-electron chi connectivity index (χ4n) is 2.97. The molecule has 1 atom stereocenters. The summed E-state index contributed by atoms with van der Waals surface area (Å²) < 4.78 is 0. The summed E-state index contributed by atoms with van der Waals surface area (Å²) in [5.41, 5.74) is 0.637. The lowest BCUT2D eigenvalue weighted by Gasteiger charge is -2.33. The Labute approximate surface area is 162 Å². The lowest BCUT2D eigenvalue weighted by Crippen LogP contribution is -2.50. The molecular formula is C17H12ClN5O3S. The standard InChI is InChI=1S/C17H12ClN5O3S/c1-27-17-20-16(24)14-10-4-2-3-5-12(10)19-15(22(14)21-17)9-6-7-11(18)13(8-9)23(25)26/h2-8,15H,1H3,(H,20,21,24)/t15-/m1/s1. The van der Waals surface area contributed by atoms with Crippen molar-refractivity contribution in [3.05, 3.63) is 73.7 Å². The summed E-state index contributed by atoms with van der Waals surface area (Å²) in [5.74, 6) is -0.301. The zero-order chi connectivity index (χ0) is 19.1. The Morgan fingerprint density at radius 1 is 1.30 bits per heavy atom. The maximum atomic E-state index is 12.7. The van der Waals surface area contributed by atoms with E-state index < -0.39 is 11.1 Å². The number of carbonyl (C=O) groups is 1. The van der Waals surface area contributed by atoms with Gasteiger partial charge in [0.1, 0.15) is 10.7 Å². The number of halogens is 1. The van der Waals surface area contributed by atoms with Crippen LogP contribution in [-0.4, -0.2) is 27.3 Å². The zero-order valence-electron chi connectivity index (χ0n) is 13.9. The maximum Gasteiger partial charge on any atom is 0.288 e. The van der Waals surface area contributed by atoms with E-state index in [4.69, 9.17) is 11.6 Å². The molecule has 10 heteroatoms. The van der Waals surface area contributed by atoms with Crippen molar-refractivity contribution in [1.82, 2.24) is 10.3 Å². The van der Waals surface area contributed by atoms with E-state index in [0.29, 0.717) is 27.0 Å². The highest BCUT2D eigenvalue weighted by atomic mass is 35.5. The number of rotatable bonds is 2. The largest absolute Gasteiger partial charge is 0.298 e. The van der Waals surface area contributed by atoms with Crippen LogP contribution in [-0.2, 0) is 4.79 Å². The molecule has 27 heavy (non-hydrogen) atoms. The van der Waals surface area contributed by atoms with Gasteiger partial charge in [0.2, 0.25) is 0 Å². The van der Waals surface area contributed by atoms with Crippen molar-refractivity contribution in [2.75, 3.05) is 6.26 Å². The summed E-state index contributed by atoms with van der Waals surface area (Å²) in [6.45, 7) is 0. The molecule has 0 unspecified atom stereocenters. The Balaban J connectivity index is 1.97. The van der Waals surface area contributed by atoms with Crippen LogP contribution in [0.2, 0.25) is 5.02 Å². The number of para-hydroxylation sites is 1. The number of fused-ring (bicyclic) bond motifs is 2. The molecule has 0 fully saturated rings. The number of thioether (sulfide) groups is 1. The van der Waals surface area contributed by atoms with Crippen molar-refractivity contribution in [1.29, 1.82) is 0 Å². The van der Waals surface area contributed by atoms with Crippen LogP contribution in [0.15, 0.2) is 52.6 Å². The number of amides is 1. The number of hydrazone groups is 1. The molecule has 4 rings (SSSR count). The topological polar surface area (TPSA) is 100 Å². The van der Waals surface area contributed by atoms with Crippen molar-refractivity contribution in [3.63, 3.8) is 0 Å². The molecule has 1 N–H and O–H groups in total. The van der Waals surface area contributed by atoms with E-state index in [1.165, 1.54) is 28.9 Å². The fourth-order valence-corrected chi connectivity index (χ4v) is 3.52. The second-order valence-corrected chi connectivity index (χ2v) is 6.95. The number of nitro benzene ring substituents is 1. The third-order valence-corrected chi connectivity index (χ3v) is 5.06. The normalized spacial score (nSPS) is 18.1. The molecule has 2 heterocycles. The lowest BCUT2D eigenvalue weighted by atomic mass is 10.1. The predicted octanol–water partition coefficient (Wildman–Crippen LogP) is 1.75. The van der Waals surface area contributed by atoms with Gasteiger partial charge in [0.25, 0.3) is 11.6 Å². The summed E-state index contributed by atoms with van der Waals surface area (Å²) in [4.78, 5) is 28.1. The zero-order valence-corrected chi connectivity index (χ0v) is 15.5. The van der Waals surface area contributed by atoms with Crippen LogP contribution in [0.1, 0.15) is 11.7 Å². The average molecular weight is 402 g/mol. The van der Waals surface area contributed by atoms with E-state index in [2.05, 4.69) is 15.4 Å². The van der Waals surface area contributed by atoms with Gasteiger partial charge < -0.3 is 0 Å². The third kappa shape index (κ3) is 2.94. The Hall–Kier alpha value is -2.91. The Morgan fingerprint density at radius 2 is 2.07 bits per heavy atom. The number of amidine groups is 1. The molecular weight excluding hydrogens is 390 g/mol. The predicted molar refractivity (Wildman–Crippen MR) is 102 cm³/mol. The number of nitrogens with zero attached hydrogens (tertiary/aromatic N) is 4. The van der Waals surface area contributed by atoms with Crippen LogP contribution in [0, 0.1) is 10.1 Å². The second-order valence-electron chi connectivity index (χ2n) is 5.74. The highest BCUT2D eigenvalue weighted by molar-refractivity contribution is 8.13. The van der Waals surface area contributed by atoms with Crippen molar-refractivity contribution < 1.29 is 9.72 Å². The molecule has 2 aromatic rings. The Bertz CT molecular complexity index is 1130. The monoisotopic (exact) mass is 401 g/mol. The van der Waals surface area contributed by atoms with Gasteiger partial charge in [0.15, 0.2) is 11.3 Å². The summed E-state index contributed by atoms with van der Waals surface area (Å²) in [6, 6.07) is 11.7. The van der Waals surface area contributed by atoms with Crippen LogP contribution < -0.4 is 15.9 Å². The van der Waals surface area contributed by atoms with Gasteiger partial charge in [-0.25, -0.2) is 5.01 Å². The highest BCUT2D eigenvalue weighted by Gasteiger charge is 2.34. The van der Waals surface area contributed by atoms with Crippen LogP contribution in [0.5, 0.6) is 0 Å². The molecule has 0 bridgehead atoms. The molecule has 2 aliphatic heterocycles. The van der Waals surface area contributed by atoms with E-state index >= 15 is 0 Å². The SMILES string of the molecule is CSC1=NN2C(=c3ccccc3=N[C@H]2c2ccc(Cl)c([N+](=O)[O-])c2)C(=O)N1. The van der Waals surface area contributed by atoms with Crippen LogP contribution in [0.3, 0.4) is 0 Å². The van der Waals surface area contributed by atoms with E-state index in [-0.39, 0.29) is 16.6 Å². The minimum atomic E-state index is -0.723. The summed E-state index contributed by atoms with van der Waals surface area (Å²) in [6.07, 6.45) is 1.07. The van der Waals surface area contributed by atoms with Gasteiger partial charge in [0, 0.05) is 16.8 Å². The van der Waals surface area contributed by atoms with Crippen molar-refractivity contribution in [2.24, 2.45) is 10.1 Å². The fraction of sp³-hybridized carbons (Fsp3) is 0.118. The summed E-state index contributed by atoms with van der Waals surface area (Å²) >= 11 is 7.22. The second kappa shape index (κ2) is 6.67. The van der Waals surface area contributed by atoms with Crippen LogP contribution >= 0.6 is 23.4 Å². The van der Waals surface area contributed by atoms with Crippen molar-refractivity contribution in [2.45, 2.75) is 6.17 Å². The molecule has 0 saturated heterocycles. The Kier molecular flexibility index (Phi) is 4.33. The van der Waals surface area contributed by atoms with Crippen LogP contribution in [0.25, 0.3) is 5.70 Å². The minimum absolute atomic E-state index is 0.0360. The first-order valence-electron chi connectivity index (χ1n) is 7.84. The molecule has 2 aliphatic rings. The van der Waals surface area contributed by atoms with Gasteiger partial charge in [0.05, 0.1) is 10.3 Å². The number of hydrogen-bond donors (Lipinski definition) is 1. The van der Waals surface area contributed by atoms with Gasteiger partial charge in [-0.2, -0.15) is 0 Å². The van der Waals surface area contributed by atoms with Crippen molar-refractivity contribution >= 4 is 45.8 Å². The maximum absolute atomic E-state index is 12.7. The molecule has 1 amide bonds. The summed E-state index contributed by atoms with van der Waals surface area (Å²) in [5, 5.41) is 21.7. The van der Waals surface area contributed by atoms with Gasteiger partial charge in [-0.3, -0.25) is 25.2 Å². The lowest BCUT2D eigenvalue weighted by molar-refractivity contribution is -0.384. The smallest absolute Gasteiger partial charge is 0.288 e. The molecule has 2 aromatic carbocycles. The van der Waals surface area contributed by atoms with E-state index in [9.17, 15) is 14.9 Å². The number of nitro groups is 1. The first kappa shape index (κ1) is 17.5. The molecule has 0 saturated carbocycles. The molecule has 136 valence electrons. The number of benzene rings is 2. The van der Waals surface area contributed by atoms with E-state index in [1.807, 2.05) is 12.1 Å². The van der Waals surface area contributed by atoms with Crippen LogP contribution in [0.4, 0.5) is 5.69 Å². The van der Waals surface area contributed by atoms with Gasteiger partial charge in [-0.1, -0.05) is 47.6 Å². The molecule has 8 nitrogen and oxygen atoms in total. The minimum Gasteiger partial charge on any atom is -0.298 e. The first-order chi connectivity index (χ1) is 13.0. The molecule has 0 spiro atoms. The average Bonchev–Trinajstić information content (AvgIpc) is 2.67. The van der Waals surface area contributed by atoms with E-state index in [1.54, 1.807) is 24.5 Å². The highest BCUT2D eigenvalue weighted by Crippen LogP contribution is 2.34. The quantitative estimate of drug-likeness (QED) is 0.610.